The van der Waals surface area contributed by atoms with Gasteiger partial charge in [0.2, 0.25) is 11.8 Å². The molecule has 3 aromatic rings. The number of hydrogen-bond donors (Lipinski definition) is 1. The zero-order valence-electron chi connectivity index (χ0n) is 21.9. The van der Waals surface area contributed by atoms with Crippen LogP contribution in [0.5, 0.6) is 11.5 Å². The van der Waals surface area contributed by atoms with E-state index in [2.05, 4.69) is 5.32 Å². The van der Waals surface area contributed by atoms with Crippen LogP contribution in [-0.2, 0) is 26.2 Å². The molecule has 1 N–H and O–H groups in total. The van der Waals surface area contributed by atoms with Crippen molar-refractivity contribution in [2.24, 2.45) is 0 Å². The number of rotatable bonds is 11. The van der Waals surface area contributed by atoms with Crippen molar-refractivity contribution in [2.75, 3.05) is 32.1 Å². The minimum Gasteiger partial charge on any atom is -0.493 e. The van der Waals surface area contributed by atoms with Crippen molar-refractivity contribution in [1.82, 2.24) is 10.2 Å². The molecule has 0 aliphatic carbocycles. The molecule has 3 aromatic carbocycles. The first-order chi connectivity index (χ1) is 18.5. The Hall–Kier alpha value is -3.47. The number of sulfonamides is 1. The lowest BCUT2D eigenvalue weighted by Gasteiger charge is -2.32. The number of methoxy groups -OCH3 is 2. The number of carbonyl (C=O) groups is 2. The predicted octanol–water partition coefficient (Wildman–Crippen LogP) is 4.37. The molecular weight excluding hydrogens is 565 g/mol. The van der Waals surface area contributed by atoms with Gasteiger partial charge in [0.25, 0.3) is 10.0 Å². The van der Waals surface area contributed by atoms with Crippen LogP contribution in [0.25, 0.3) is 0 Å². The summed E-state index contributed by atoms with van der Waals surface area (Å²) in [5.74, 6) is -0.458. The Morgan fingerprint density at radius 2 is 1.59 bits per heavy atom. The molecule has 0 aliphatic heterocycles. The molecule has 0 aromatic heterocycles. The number of hydrogen-bond acceptors (Lipinski definition) is 6. The average Bonchev–Trinajstić information content (AvgIpc) is 2.95. The molecule has 208 valence electrons. The second kappa shape index (κ2) is 13.1. The Labute approximate surface area is 238 Å². The van der Waals surface area contributed by atoms with Crippen LogP contribution < -0.4 is 19.1 Å². The molecule has 0 bridgehead atoms. The van der Waals surface area contributed by atoms with E-state index in [1.165, 1.54) is 44.4 Å². The van der Waals surface area contributed by atoms with Gasteiger partial charge in [-0.25, -0.2) is 8.42 Å². The van der Waals surface area contributed by atoms with Crippen molar-refractivity contribution in [3.8, 4) is 11.5 Å². The topological polar surface area (TPSA) is 105 Å². The van der Waals surface area contributed by atoms with E-state index >= 15 is 0 Å². The van der Waals surface area contributed by atoms with Gasteiger partial charge in [0, 0.05) is 19.7 Å². The molecule has 0 heterocycles. The Kier molecular flexibility index (Phi) is 10.1. The molecule has 3 rings (SSSR count). The van der Waals surface area contributed by atoms with Gasteiger partial charge in [0.15, 0.2) is 11.5 Å². The number of carbonyl (C=O) groups excluding carboxylic acids is 2. The van der Waals surface area contributed by atoms with Gasteiger partial charge in [-0.05, 0) is 48.9 Å². The second-order valence-corrected chi connectivity index (χ2v) is 11.1. The van der Waals surface area contributed by atoms with E-state index in [9.17, 15) is 18.0 Å². The number of halogens is 2. The van der Waals surface area contributed by atoms with Gasteiger partial charge in [0.05, 0.1) is 34.8 Å². The summed E-state index contributed by atoms with van der Waals surface area (Å²) in [6.07, 6.45) is 0. The number of likely N-dealkylation sites (N-methyl/N-ethyl adjacent to an activating group) is 1. The van der Waals surface area contributed by atoms with Crippen molar-refractivity contribution < 1.29 is 27.5 Å². The summed E-state index contributed by atoms with van der Waals surface area (Å²) in [7, 11) is 0.0291. The molecule has 0 saturated carbocycles. The lowest BCUT2D eigenvalue weighted by Crippen LogP contribution is -2.50. The molecule has 0 fully saturated rings. The molecule has 12 heteroatoms. The quantitative estimate of drug-likeness (QED) is 0.354. The molecule has 0 aliphatic rings. The average molecular weight is 595 g/mol. The standard InChI is InChI=1S/C27H29Cl2N3O6S/c1-18(27(34)30-2)31(16-19-10-12-22(28)23(29)14-19)26(33)17-32(20-8-6-5-7-9-20)39(35,36)21-11-13-24(37-3)25(15-21)38-4/h5-15,18H,16-17H2,1-4H3,(H,30,34)/t18-/m1/s1. The summed E-state index contributed by atoms with van der Waals surface area (Å²) in [5.41, 5.74) is 0.880. The molecule has 39 heavy (non-hydrogen) atoms. The van der Waals surface area contributed by atoms with Gasteiger partial charge in [-0.15, -0.1) is 0 Å². The third-order valence-corrected chi connectivity index (χ3v) is 8.53. The van der Waals surface area contributed by atoms with Crippen LogP contribution in [0.1, 0.15) is 12.5 Å². The van der Waals surface area contributed by atoms with Crippen molar-refractivity contribution >= 4 is 50.7 Å². The van der Waals surface area contributed by atoms with Crippen LogP contribution in [0.4, 0.5) is 5.69 Å². The van der Waals surface area contributed by atoms with Crippen LogP contribution in [0.3, 0.4) is 0 Å². The third-order valence-electron chi connectivity index (χ3n) is 6.02. The molecule has 0 radical (unpaired) electrons. The lowest BCUT2D eigenvalue weighted by molar-refractivity contribution is -0.139. The summed E-state index contributed by atoms with van der Waals surface area (Å²) in [5, 5.41) is 3.16. The van der Waals surface area contributed by atoms with E-state index in [1.54, 1.807) is 55.5 Å². The summed E-state index contributed by atoms with van der Waals surface area (Å²) >= 11 is 12.2. The number of benzene rings is 3. The Balaban J connectivity index is 2.05. The van der Waals surface area contributed by atoms with Crippen molar-refractivity contribution in [3.05, 3.63) is 82.3 Å². The fourth-order valence-corrected chi connectivity index (χ4v) is 5.60. The van der Waals surface area contributed by atoms with E-state index < -0.39 is 34.4 Å². The first kappa shape index (κ1) is 30.1. The largest absolute Gasteiger partial charge is 0.493 e. The van der Waals surface area contributed by atoms with Crippen molar-refractivity contribution in [3.63, 3.8) is 0 Å². The van der Waals surface area contributed by atoms with E-state index in [4.69, 9.17) is 32.7 Å². The maximum Gasteiger partial charge on any atom is 0.264 e. The van der Waals surface area contributed by atoms with Crippen molar-refractivity contribution in [1.29, 1.82) is 0 Å². The minimum atomic E-state index is -4.27. The van der Waals surface area contributed by atoms with E-state index in [1.807, 2.05) is 0 Å². The van der Waals surface area contributed by atoms with E-state index in [0.717, 1.165) is 4.31 Å². The van der Waals surface area contributed by atoms with Gasteiger partial charge in [0.1, 0.15) is 12.6 Å². The summed E-state index contributed by atoms with van der Waals surface area (Å²) < 4.78 is 39.3. The Bertz CT molecular complexity index is 1440. The summed E-state index contributed by atoms with van der Waals surface area (Å²) in [4.78, 5) is 27.5. The van der Waals surface area contributed by atoms with Crippen LogP contribution in [0.2, 0.25) is 10.0 Å². The van der Waals surface area contributed by atoms with Gasteiger partial charge < -0.3 is 19.7 Å². The van der Waals surface area contributed by atoms with Gasteiger partial charge in [-0.2, -0.15) is 0 Å². The zero-order valence-corrected chi connectivity index (χ0v) is 24.2. The predicted molar refractivity (Wildman–Crippen MR) is 151 cm³/mol. The molecular formula is C27H29Cl2N3O6S. The number of nitrogens with one attached hydrogen (secondary N) is 1. The fourth-order valence-electron chi connectivity index (χ4n) is 3.85. The molecule has 0 saturated heterocycles. The SMILES string of the molecule is CNC(=O)[C@@H](C)N(Cc1ccc(Cl)c(Cl)c1)C(=O)CN(c1ccccc1)S(=O)(=O)c1ccc(OC)c(OC)c1. The Morgan fingerprint density at radius 3 is 2.18 bits per heavy atom. The first-order valence-corrected chi connectivity index (χ1v) is 14.0. The fraction of sp³-hybridized carbons (Fsp3) is 0.259. The third kappa shape index (κ3) is 6.95. The zero-order chi connectivity index (χ0) is 28.7. The maximum absolute atomic E-state index is 13.9. The maximum atomic E-state index is 13.9. The highest BCUT2D eigenvalue weighted by atomic mass is 35.5. The van der Waals surface area contributed by atoms with E-state index in [-0.39, 0.29) is 27.9 Å². The van der Waals surface area contributed by atoms with Crippen LogP contribution in [0.15, 0.2) is 71.6 Å². The second-order valence-electron chi connectivity index (χ2n) is 8.42. The number of amides is 2. The highest BCUT2D eigenvalue weighted by Crippen LogP contribution is 2.32. The monoisotopic (exact) mass is 593 g/mol. The van der Waals surface area contributed by atoms with Crippen LogP contribution >= 0.6 is 23.2 Å². The first-order valence-electron chi connectivity index (χ1n) is 11.8. The normalized spacial score (nSPS) is 11.8. The van der Waals surface area contributed by atoms with Gasteiger partial charge in [-0.1, -0.05) is 47.5 Å². The highest BCUT2D eigenvalue weighted by molar-refractivity contribution is 7.92. The van der Waals surface area contributed by atoms with Gasteiger partial charge >= 0.3 is 0 Å². The molecule has 9 nitrogen and oxygen atoms in total. The molecule has 1 atom stereocenters. The Morgan fingerprint density at radius 1 is 0.923 bits per heavy atom. The lowest BCUT2D eigenvalue weighted by atomic mass is 10.1. The number of para-hydroxylation sites is 1. The molecule has 0 spiro atoms. The number of nitrogens with zero attached hydrogens (tertiary/aromatic N) is 2. The summed E-state index contributed by atoms with van der Waals surface area (Å²) in [6.45, 7) is 0.969. The van der Waals surface area contributed by atoms with Gasteiger partial charge in [-0.3, -0.25) is 13.9 Å². The van der Waals surface area contributed by atoms with Crippen molar-refractivity contribution in [2.45, 2.75) is 24.4 Å². The number of ether oxygens (including phenoxy) is 2. The van der Waals surface area contributed by atoms with Crippen LogP contribution in [-0.4, -0.2) is 59.0 Å². The molecule has 0 unspecified atom stereocenters. The smallest absolute Gasteiger partial charge is 0.264 e. The molecule has 2 amide bonds. The van der Waals surface area contributed by atoms with E-state index in [0.29, 0.717) is 16.3 Å². The van der Waals surface area contributed by atoms with Crippen LogP contribution in [0, 0.1) is 0 Å². The summed E-state index contributed by atoms with van der Waals surface area (Å²) in [6, 6.07) is 16.3. The minimum absolute atomic E-state index is 0.0106. The number of anilines is 1. The highest BCUT2D eigenvalue weighted by Gasteiger charge is 2.32.